The summed E-state index contributed by atoms with van der Waals surface area (Å²) in [6.07, 6.45) is 8.30. The van der Waals surface area contributed by atoms with Crippen molar-refractivity contribution in [3.05, 3.63) is 0 Å². The van der Waals surface area contributed by atoms with Crippen LogP contribution in [0.3, 0.4) is 0 Å². The van der Waals surface area contributed by atoms with Crippen LogP contribution in [0.2, 0.25) is 0 Å². The van der Waals surface area contributed by atoms with E-state index in [4.69, 9.17) is 34.6 Å². The highest BCUT2D eigenvalue weighted by molar-refractivity contribution is 8.23. The Labute approximate surface area is 222 Å². The molecular weight excluding hydrogens is 513 g/mol. The number of unbranched alkanes of at least 4 members (excludes halogenated alkanes) is 5. The molecule has 8 nitrogen and oxygen atoms in total. The molecule has 2 fully saturated rings. The van der Waals surface area contributed by atoms with E-state index in [1.807, 2.05) is 0 Å². The van der Waals surface area contributed by atoms with Gasteiger partial charge in [-0.2, -0.15) is 0 Å². The maximum Gasteiger partial charge on any atom is 0.303 e. The van der Waals surface area contributed by atoms with Gasteiger partial charge in [0.25, 0.3) is 0 Å². The number of carboxylic acid groups (broad SMARTS) is 2. The molecule has 0 aromatic carbocycles. The van der Waals surface area contributed by atoms with Crippen LogP contribution in [0, 0.1) is 0 Å². The highest BCUT2D eigenvalue weighted by Gasteiger charge is 2.22. The van der Waals surface area contributed by atoms with Gasteiger partial charge in [-0.3, -0.25) is 19.4 Å². The number of hydrogen-bond donors (Lipinski definition) is 2. The summed E-state index contributed by atoms with van der Waals surface area (Å²) in [5.41, 5.74) is 0. The molecule has 194 valence electrons. The smallest absolute Gasteiger partial charge is 0.303 e. The van der Waals surface area contributed by atoms with E-state index in [-0.39, 0.29) is 12.8 Å². The lowest BCUT2D eigenvalue weighted by Gasteiger charge is -2.37. The lowest BCUT2D eigenvalue weighted by molar-refractivity contribution is -0.138. The van der Waals surface area contributed by atoms with Crippen molar-refractivity contribution in [1.82, 2.24) is 19.6 Å². The second kappa shape index (κ2) is 16.9. The SMILES string of the molecule is O=C(O)CCCCN1CSC(=S)N(CCCCCCN2CN(CCCCC(=O)O)CSC2=S)C1. The minimum absolute atomic E-state index is 0.245. The van der Waals surface area contributed by atoms with Crippen molar-refractivity contribution in [2.24, 2.45) is 0 Å². The molecule has 2 N–H and O–H groups in total. The van der Waals surface area contributed by atoms with Gasteiger partial charge >= 0.3 is 11.9 Å². The fraction of sp³-hybridized carbons (Fsp3) is 0.818. The molecule has 0 radical (unpaired) electrons. The molecule has 0 bridgehead atoms. The predicted octanol–water partition coefficient (Wildman–Crippen LogP) is 4.16. The Morgan fingerprint density at radius 1 is 0.647 bits per heavy atom. The Morgan fingerprint density at radius 3 is 1.41 bits per heavy atom. The summed E-state index contributed by atoms with van der Waals surface area (Å²) in [4.78, 5) is 30.6. The Bertz CT molecular complexity index is 629. The zero-order valence-electron chi connectivity index (χ0n) is 19.9. The van der Waals surface area contributed by atoms with Gasteiger partial charge in [0.05, 0.1) is 25.1 Å². The van der Waals surface area contributed by atoms with E-state index in [9.17, 15) is 9.59 Å². The molecule has 0 spiro atoms. The fourth-order valence-corrected chi connectivity index (χ4v) is 6.22. The Balaban J connectivity index is 1.55. The van der Waals surface area contributed by atoms with E-state index in [1.54, 1.807) is 23.5 Å². The average molecular weight is 551 g/mol. The van der Waals surface area contributed by atoms with Gasteiger partial charge in [-0.05, 0) is 38.5 Å². The molecule has 2 rings (SSSR count). The van der Waals surface area contributed by atoms with Gasteiger partial charge in [0.15, 0.2) is 0 Å². The zero-order chi connectivity index (χ0) is 24.8. The van der Waals surface area contributed by atoms with Crippen LogP contribution in [0.25, 0.3) is 0 Å². The molecule has 0 unspecified atom stereocenters. The quantitative estimate of drug-likeness (QED) is 0.201. The van der Waals surface area contributed by atoms with Gasteiger partial charge in [0, 0.05) is 39.0 Å². The van der Waals surface area contributed by atoms with Crippen LogP contribution in [0.5, 0.6) is 0 Å². The second-order valence-corrected chi connectivity index (χ2v) is 12.0. The molecule has 2 saturated heterocycles. The first-order chi connectivity index (χ1) is 16.3. The molecular formula is C22H38N4O4S4. The van der Waals surface area contributed by atoms with E-state index in [1.165, 1.54) is 0 Å². The summed E-state index contributed by atoms with van der Waals surface area (Å²) in [6.45, 7) is 5.48. The molecule has 0 aromatic heterocycles. The third-order valence-corrected chi connectivity index (χ3v) is 9.06. The number of carboxylic acids is 2. The molecule has 34 heavy (non-hydrogen) atoms. The zero-order valence-corrected chi connectivity index (χ0v) is 23.1. The van der Waals surface area contributed by atoms with E-state index in [2.05, 4.69) is 19.6 Å². The minimum Gasteiger partial charge on any atom is -0.481 e. The Morgan fingerprint density at radius 2 is 1.03 bits per heavy atom. The standard InChI is InChI=1S/C22H38N4O4S4/c27-19(28)9-3-7-11-23-15-25(21(31)33-17-23)13-5-1-2-6-14-26-16-24(18-34-22(26)32)12-8-4-10-20(29)30/h1-18H2,(H,27,28)(H,29,30). The molecule has 12 heteroatoms. The van der Waals surface area contributed by atoms with E-state index in [0.717, 1.165) is 111 Å². The van der Waals surface area contributed by atoms with Crippen LogP contribution >= 0.6 is 48.0 Å². The van der Waals surface area contributed by atoms with Crippen LogP contribution in [0.15, 0.2) is 0 Å². The molecule has 0 amide bonds. The first-order valence-corrected chi connectivity index (χ1v) is 14.9. The molecule has 2 aliphatic rings. The summed E-state index contributed by atoms with van der Waals surface area (Å²) in [5, 5.41) is 17.5. The van der Waals surface area contributed by atoms with Gasteiger partial charge in [-0.15, -0.1) is 0 Å². The van der Waals surface area contributed by atoms with Crippen molar-refractivity contribution in [2.45, 2.75) is 64.2 Å². The summed E-state index contributed by atoms with van der Waals surface area (Å²) in [5.74, 6) is 0.350. The van der Waals surface area contributed by atoms with Crippen molar-refractivity contribution in [2.75, 3.05) is 51.3 Å². The van der Waals surface area contributed by atoms with Gasteiger partial charge in [0.1, 0.15) is 8.64 Å². The van der Waals surface area contributed by atoms with Gasteiger partial charge in [0.2, 0.25) is 0 Å². The number of carbonyl (C=O) groups is 2. The topological polar surface area (TPSA) is 87.6 Å². The Kier molecular flexibility index (Phi) is 14.7. The normalized spacial score (nSPS) is 18.0. The van der Waals surface area contributed by atoms with Crippen molar-refractivity contribution < 1.29 is 19.8 Å². The average Bonchev–Trinajstić information content (AvgIpc) is 2.79. The molecule has 2 heterocycles. The lowest BCUT2D eigenvalue weighted by atomic mass is 10.2. The van der Waals surface area contributed by atoms with Crippen LogP contribution in [0.4, 0.5) is 0 Å². The number of thiocarbonyl (C=S) groups is 2. The second-order valence-electron chi connectivity index (χ2n) is 8.79. The molecule has 2 aliphatic heterocycles. The first kappa shape index (κ1) is 29.6. The molecule has 0 saturated carbocycles. The van der Waals surface area contributed by atoms with Crippen LogP contribution in [-0.2, 0) is 9.59 Å². The third-order valence-electron chi connectivity index (χ3n) is 5.84. The van der Waals surface area contributed by atoms with Crippen molar-refractivity contribution >= 4 is 68.5 Å². The number of aliphatic carboxylic acids is 2. The summed E-state index contributed by atoms with van der Waals surface area (Å²) in [7, 11) is 0. The highest BCUT2D eigenvalue weighted by atomic mass is 32.2. The van der Waals surface area contributed by atoms with Crippen molar-refractivity contribution in [3.8, 4) is 0 Å². The first-order valence-electron chi connectivity index (χ1n) is 12.1. The van der Waals surface area contributed by atoms with Gasteiger partial charge in [-0.1, -0.05) is 60.8 Å². The van der Waals surface area contributed by atoms with Crippen LogP contribution < -0.4 is 0 Å². The molecule has 0 aromatic rings. The van der Waals surface area contributed by atoms with E-state index >= 15 is 0 Å². The number of nitrogens with zero attached hydrogens (tertiary/aromatic N) is 4. The number of rotatable bonds is 17. The number of thioether (sulfide) groups is 2. The van der Waals surface area contributed by atoms with Crippen molar-refractivity contribution in [3.63, 3.8) is 0 Å². The largest absolute Gasteiger partial charge is 0.481 e. The van der Waals surface area contributed by atoms with Gasteiger partial charge < -0.3 is 20.0 Å². The van der Waals surface area contributed by atoms with Gasteiger partial charge in [-0.25, -0.2) is 0 Å². The Hall–Kier alpha value is -0.660. The maximum absolute atomic E-state index is 10.7. The molecule has 0 atom stereocenters. The van der Waals surface area contributed by atoms with Crippen molar-refractivity contribution in [1.29, 1.82) is 0 Å². The monoisotopic (exact) mass is 550 g/mol. The molecule has 0 aliphatic carbocycles. The summed E-state index contributed by atoms with van der Waals surface area (Å²) >= 11 is 14.5. The third kappa shape index (κ3) is 12.3. The highest BCUT2D eigenvalue weighted by Crippen LogP contribution is 2.21. The van der Waals surface area contributed by atoms with Crippen LogP contribution in [-0.4, -0.2) is 102 Å². The van der Waals surface area contributed by atoms with E-state index < -0.39 is 11.9 Å². The van der Waals surface area contributed by atoms with E-state index in [0.29, 0.717) is 0 Å². The minimum atomic E-state index is -0.720. The number of hydrogen-bond acceptors (Lipinski definition) is 8. The lowest BCUT2D eigenvalue weighted by Crippen LogP contribution is -2.45. The summed E-state index contributed by atoms with van der Waals surface area (Å²) in [6, 6.07) is 0. The van der Waals surface area contributed by atoms with Crippen LogP contribution in [0.1, 0.15) is 64.2 Å². The maximum atomic E-state index is 10.7. The summed E-state index contributed by atoms with van der Waals surface area (Å²) < 4.78 is 1.95. The fourth-order valence-electron chi connectivity index (χ4n) is 3.93. The predicted molar refractivity (Wildman–Crippen MR) is 148 cm³/mol.